The fourth-order valence-corrected chi connectivity index (χ4v) is 3.76. The van der Waals surface area contributed by atoms with Gasteiger partial charge in [0.2, 0.25) is 0 Å². The highest BCUT2D eigenvalue weighted by Crippen LogP contribution is 2.36. The molecular formula is C18H27ClN2. The maximum atomic E-state index is 6.01. The van der Waals surface area contributed by atoms with Crippen molar-refractivity contribution in [1.29, 1.82) is 0 Å². The number of para-hydroxylation sites is 1. The van der Waals surface area contributed by atoms with Gasteiger partial charge in [-0.3, -0.25) is 0 Å². The normalized spacial score (nSPS) is 13.1. The molecule has 0 aliphatic heterocycles. The van der Waals surface area contributed by atoms with Crippen LogP contribution in [-0.2, 0) is 12.0 Å². The topological polar surface area (TPSA) is 17.8 Å². The average molecular weight is 307 g/mol. The Morgan fingerprint density at radius 1 is 1.14 bits per heavy atom. The molecule has 1 aromatic carbocycles. The lowest BCUT2D eigenvalue weighted by Crippen LogP contribution is -2.32. The van der Waals surface area contributed by atoms with E-state index in [4.69, 9.17) is 16.6 Å². The Kier molecular flexibility index (Phi) is 4.39. The molecule has 1 aromatic heterocycles. The summed E-state index contributed by atoms with van der Waals surface area (Å²) in [4.78, 5) is 4.88. The highest BCUT2D eigenvalue weighted by atomic mass is 35.5. The minimum atomic E-state index is 0.0161. The van der Waals surface area contributed by atoms with Gasteiger partial charge in [0.05, 0.1) is 11.0 Å². The molecule has 2 rings (SSSR count). The van der Waals surface area contributed by atoms with Crippen LogP contribution in [0.15, 0.2) is 18.2 Å². The molecule has 21 heavy (non-hydrogen) atoms. The molecule has 0 aliphatic rings. The minimum Gasteiger partial charge on any atom is -0.322 e. The Bertz CT molecular complexity index is 632. The molecule has 0 spiro atoms. The smallest absolute Gasteiger partial charge is 0.111 e. The van der Waals surface area contributed by atoms with Gasteiger partial charge < -0.3 is 4.57 Å². The van der Waals surface area contributed by atoms with Gasteiger partial charge in [0.15, 0.2) is 0 Å². The number of halogens is 1. The van der Waals surface area contributed by atoms with E-state index in [-0.39, 0.29) is 11.0 Å². The third-order valence-electron chi connectivity index (χ3n) is 3.84. The van der Waals surface area contributed by atoms with E-state index in [1.165, 1.54) is 11.1 Å². The summed E-state index contributed by atoms with van der Waals surface area (Å²) < 4.78 is 2.41. The Morgan fingerprint density at radius 3 is 2.38 bits per heavy atom. The van der Waals surface area contributed by atoms with Gasteiger partial charge in [-0.25, -0.2) is 4.98 Å². The van der Waals surface area contributed by atoms with Gasteiger partial charge in [-0.05, 0) is 44.2 Å². The third kappa shape index (κ3) is 3.42. The summed E-state index contributed by atoms with van der Waals surface area (Å²) in [5.41, 5.74) is 3.85. The monoisotopic (exact) mass is 306 g/mol. The molecule has 0 bridgehead atoms. The molecule has 2 nitrogen and oxygen atoms in total. The number of aromatic nitrogens is 2. The number of hydrogen-bond acceptors (Lipinski definition) is 1. The number of alkyl halides is 1. The van der Waals surface area contributed by atoms with Crippen LogP contribution in [0.2, 0.25) is 0 Å². The molecule has 0 amide bonds. The number of imidazole rings is 1. The molecule has 3 heteroatoms. The zero-order valence-electron chi connectivity index (χ0n) is 14.1. The van der Waals surface area contributed by atoms with Crippen LogP contribution < -0.4 is 0 Å². The van der Waals surface area contributed by atoms with Gasteiger partial charge in [-0.2, -0.15) is 0 Å². The first-order chi connectivity index (χ1) is 9.65. The molecule has 0 unspecified atom stereocenters. The first kappa shape index (κ1) is 16.4. The molecular weight excluding hydrogens is 280 g/mol. The predicted octanol–water partition coefficient (Wildman–Crippen LogP) is 5.30. The van der Waals surface area contributed by atoms with Crippen molar-refractivity contribution in [2.24, 2.45) is 5.41 Å². The van der Waals surface area contributed by atoms with E-state index in [2.05, 4.69) is 64.3 Å². The second-order valence-corrected chi connectivity index (χ2v) is 8.17. The van der Waals surface area contributed by atoms with Crippen molar-refractivity contribution in [2.45, 2.75) is 59.9 Å². The van der Waals surface area contributed by atoms with Crippen LogP contribution in [0, 0.1) is 12.3 Å². The van der Waals surface area contributed by atoms with Crippen LogP contribution in [0.3, 0.4) is 0 Å². The van der Waals surface area contributed by atoms with E-state index in [0.717, 1.165) is 24.2 Å². The van der Waals surface area contributed by atoms with Gasteiger partial charge in [0.25, 0.3) is 0 Å². The number of benzene rings is 1. The first-order valence-corrected chi connectivity index (χ1v) is 8.22. The van der Waals surface area contributed by atoms with Gasteiger partial charge >= 0.3 is 0 Å². The van der Waals surface area contributed by atoms with Gasteiger partial charge in [0.1, 0.15) is 5.82 Å². The lowest BCUT2D eigenvalue weighted by atomic mass is 9.81. The Morgan fingerprint density at radius 2 is 1.81 bits per heavy atom. The number of nitrogens with zero attached hydrogens (tertiary/aromatic N) is 2. The molecule has 0 atom stereocenters. The quantitative estimate of drug-likeness (QED) is 0.701. The van der Waals surface area contributed by atoms with E-state index in [9.17, 15) is 0 Å². The third-order valence-corrected chi connectivity index (χ3v) is 4.03. The van der Waals surface area contributed by atoms with Crippen molar-refractivity contribution in [3.63, 3.8) is 0 Å². The van der Waals surface area contributed by atoms with E-state index < -0.39 is 0 Å². The van der Waals surface area contributed by atoms with Gasteiger partial charge in [-0.15, -0.1) is 11.6 Å². The number of fused-ring (bicyclic) bond motifs is 1. The van der Waals surface area contributed by atoms with Crippen LogP contribution in [0.4, 0.5) is 0 Å². The van der Waals surface area contributed by atoms with E-state index >= 15 is 0 Å². The molecule has 0 aliphatic carbocycles. The summed E-state index contributed by atoms with van der Waals surface area (Å²) in [5, 5.41) is 0. The van der Waals surface area contributed by atoms with E-state index in [0.29, 0.717) is 5.88 Å². The lowest BCUT2D eigenvalue weighted by molar-refractivity contribution is 0.215. The summed E-state index contributed by atoms with van der Waals surface area (Å²) in [6, 6.07) is 6.42. The van der Waals surface area contributed by atoms with Crippen LogP contribution in [0.25, 0.3) is 11.0 Å². The summed E-state index contributed by atoms with van der Waals surface area (Å²) in [6.07, 6.45) is 1.90. The SMILES string of the molecule is Cc1cccc2c1nc(CCCl)n2C(C)(C)CC(C)(C)C. The number of hydrogen-bond donors (Lipinski definition) is 0. The molecule has 1 heterocycles. The van der Waals surface area contributed by atoms with Crippen LogP contribution in [-0.4, -0.2) is 15.4 Å². The molecule has 0 fully saturated rings. The van der Waals surface area contributed by atoms with Crippen molar-refractivity contribution in [1.82, 2.24) is 9.55 Å². The van der Waals surface area contributed by atoms with Crippen LogP contribution in [0.5, 0.6) is 0 Å². The fourth-order valence-electron chi connectivity index (χ4n) is 3.59. The van der Waals surface area contributed by atoms with Crippen molar-refractivity contribution in [3.05, 3.63) is 29.6 Å². The van der Waals surface area contributed by atoms with E-state index in [1.54, 1.807) is 0 Å². The minimum absolute atomic E-state index is 0.0161. The zero-order valence-corrected chi connectivity index (χ0v) is 14.9. The highest BCUT2D eigenvalue weighted by Gasteiger charge is 2.30. The highest BCUT2D eigenvalue weighted by molar-refractivity contribution is 6.17. The number of rotatable bonds is 4. The number of aryl methyl sites for hydroxylation is 2. The van der Waals surface area contributed by atoms with Gasteiger partial charge in [-0.1, -0.05) is 32.9 Å². The summed E-state index contributed by atoms with van der Waals surface area (Å²) in [7, 11) is 0. The molecule has 116 valence electrons. The summed E-state index contributed by atoms with van der Waals surface area (Å²) in [6.45, 7) is 13.6. The maximum absolute atomic E-state index is 6.01. The van der Waals surface area contributed by atoms with Crippen molar-refractivity contribution in [3.8, 4) is 0 Å². The molecule has 0 saturated heterocycles. The molecule has 2 aromatic rings. The fraction of sp³-hybridized carbons (Fsp3) is 0.611. The Hall–Kier alpha value is -1.02. The van der Waals surface area contributed by atoms with Gasteiger partial charge in [0, 0.05) is 17.8 Å². The largest absolute Gasteiger partial charge is 0.322 e. The molecule has 0 radical (unpaired) electrons. The maximum Gasteiger partial charge on any atom is 0.111 e. The van der Waals surface area contributed by atoms with E-state index in [1.807, 2.05) is 0 Å². The zero-order chi connectivity index (χ0) is 15.8. The summed E-state index contributed by atoms with van der Waals surface area (Å²) in [5.74, 6) is 1.71. The predicted molar refractivity (Wildman–Crippen MR) is 92.3 cm³/mol. The lowest BCUT2D eigenvalue weighted by Gasteiger charge is -2.35. The van der Waals surface area contributed by atoms with Crippen molar-refractivity contribution in [2.75, 3.05) is 5.88 Å². The van der Waals surface area contributed by atoms with Crippen molar-refractivity contribution < 1.29 is 0 Å². The molecule has 0 saturated carbocycles. The Labute approximate surface area is 133 Å². The second kappa shape index (κ2) is 5.64. The Balaban J connectivity index is 2.65. The van der Waals surface area contributed by atoms with Crippen LogP contribution >= 0.6 is 11.6 Å². The second-order valence-electron chi connectivity index (χ2n) is 7.79. The average Bonchev–Trinajstić information content (AvgIpc) is 2.66. The first-order valence-electron chi connectivity index (χ1n) is 7.69. The summed E-state index contributed by atoms with van der Waals surface area (Å²) >= 11 is 6.01. The molecule has 0 N–H and O–H groups in total. The standard InChI is InChI=1S/C18H27ClN2/c1-13-8-7-9-14-16(13)20-15(10-11-19)21(14)18(5,6)12-17(2,3)4/h7-9H,10-12H2,1-6H3. The van der Waals surface area contributed by atoms with Crippen LogP contribution in [0.1, 0.15) is 52.4 Å². The van der Waals surface area contributed by atoms with Crippen molar-refractivity contribution >= 4 is 22.6 Å².